The summed E-state index contributed by atoms with van der Waals surface area (Å²) in [7, 11) is 0. The lowest BCUT2D eigenvalue weighted by atomic mass is 9.95. The molecule has 0 radical (unpaired) electrons. The molecule has 0 bridgehead atoms. The lowest BCUT2D eigenvalue weighted by Crippen LogP contribution is -2.11. The van der Waals surface area contributed by atoms with Crippen LogP contribution in [0, 0.1) is 0 Å². The van der Waals surface area contributed by atoms with Gasteiger partial charge in [-0.3, -0.25) is 0 Å². The number of anilines is 3. The Balaban J connectivity index is 1.19. The van der Waals surface area contributed by atoms with E-state index in [0.29, 0.717) is 0 Å². The number of hydrogen-bond acceptors (Lipinski definition) is 2. The zero-order valence-electron chi connectivity index (χ0n) is 31.1. The fourth-order valence-electron chi connectivity index (χ4n) is 8.61. The Labute approximate surface area is 335 Å². The highest BCUT2D eigenvalue weighted by Crippen LogP contribution is 2.48. The lowest BCUT2D eigenvalue weighted by Gasteiger charge is -2.29. The zero-order chi connectivity index (χ0) is 37.7. The Morgan fingerprint density at radius 3 is 1.81 bits per heavy atom. The molecule has 268 valence electrons. The second kappa shape index (κ2) is 13.8. The molecule has 0 spiro atoms. The first-order valence-electron chi connectivity index (χ1n) is 19.4. The van der Waals surface area contributed by atoms with Gasteiger partial charge in [0.05, 0.1) is 22.4 Å². The van der Waals surface area contributed by atoms with Crippen molar-refractivity contribution >= 4 is 70.4 Å². The molecule has 0 aliphatic carbocycles. The average molecular weight is 745 g/mol. The van der Waals surface area contributed by atoms with Crippen LogP contribution in [-0.4, -0.2) is 4.57 Å². The number of benzene rings is 9. The van der Waals surface area contributed by atoms with E-state index in [1.54, 1.807) is 0 Å². The number of rotatable bonds is 7. The monoisotopic (exact) mass is 744 g/mol. The lowest BCUT2D eigenvalue weighted by molar-refractivity contribution is 1.18. The standard InChI is InChI=1S/C54H36N2S/c1-4-17-37(18-5-1)39-31-34-51(48(35-39)47-27-16-26-46-45-25-12-15-30-53(45)57-54(46)47)55(40-21-8-3-9-22-40)41-32-33-44-43-24-11-14-29-50(43)56(52(44)36-41)49-28-13-10-23-42(49)38-19-6-2-7-20-38/h1-36H. The van der Waals surface area contributed by atoms with Crippen LogP contribution in [0.5, 0.6) is 0 Å². The van der Waals surface area contributed by atoms with Crippen molar-refractivity contribution in [3.05, 3.63) is 218 Å². The van der Waals surface area contributed by atoms with E-state index in [2.05, 4.69) is 228 Å². The highest BCUT2D eigenvalue weighted by atomic mass is 32.1. The molecule has 9 aromatic carbocycles. The van der Waals surface area contributed by atoms with Crippen LogP contribution in [0.25, 0.3) is 81.0 Å². The van der Waals surface area contributed by atoms with Crippen molar-refractivity contribution in [3.8, 4) is 39.1 Å². The molecule has 0 atom stereocenters. The van der Waals surface area contributed by atoms with Crippen molar-refractivity contribution in [2.75, 3.05) is 4.90 Å². The number of fused-ring (bicyclic) bond motifs is 6. The van der Waals surface area contributed by atoms with E-state index >= 15 is 0 Å². The van der Waals surface area contributed by atoms with Gasteiger partial charge in [-0.25, -0.2) is 0 Å². The van der Waals surface area contributed by atoms with Crippen LogP contribution in [-0.2, 0) is 0 Å². The molecule has 57 heavy (non-hydrogen) atoms. The van der Waals surface area contributed by atoms with Gasteiger partial charge in [0.2, 0.25) is 0 Å². The van der Waals surface area contributed by atoms with Crippen LogP contribution in [0.15, 0.2) is 218 Å². The van der Waals surface area contributed by atoms with E-state index in [-0.39, 0.29) is 0 Å². The molecule has 0 saturated heterocycles. The van der Waals surface area contributed by atoms with Gasteiger partial charge in [0.15, 0.2) is 0 Å². The third-order valence-corrected chi connectivity index (χ3v) is 12.4. The van der Waals surface area contributed by atoms with Crippen molar-refractivity contribution in [1.82, 2.24) is 4.57 Å². The third kappa shape index (κ3) is 5.63. The minimum Gasteiger partial charge on any atom is -0.310 e. The fourth-order valence-corrected chi connectivity index (χ4v) is 9.84. The molecule has 0 aliphatic rings. The molecule has 0 N–H and O–H groups in total. The third-order valence-electron chi connectivity index (χ3n) is 11.2. The molecule has 0 unspecified atom stereocenters. The molecule has 0 fully saturated rings. The molecule has 11 rings (SSSR count). The number of hydrogen-bond donors (Lipinski definition) is 0. The maximum atomic E-state index is 2.46. The van der Waals surface area contributed by atoms with Gasteiger partial charge in [0.25, 0.3) is 0 Å². The van der Waals surface area contributed by atoms with Crippen LogP contribution in [0.4, 0.5) is 17.1 Å². The van der Waals surface area contributed by atoms with Gasteiger partial charge in [-0.1, -0.05) is 164 Å². The Morgan fingerprint density at radius 2 is 0.982 bits per heavy atom. The Morgan fingerprint density at radius 1 is 0.351 bits per heavy atom. The van der Waals surface area contributed by atoms with Gasteiger partial charge >= 0.3 is 0 Å². The maximum absolute atomic E-state index is 2.46. The second-order valence-electron chi connectivity index (χ2n) is 14.5. The normalized spacial score (nSPS) is 11.5. The van der Waals surface area contributed by atoms with E-state index in [1.165, 1.54) is 69.8 Å². The van der Waals surface area contributed by atoms with Crippen LogP contribution in [0.2, 0.25) is 0 Å². The van der Waals surface area contributed by atoms with Crippen molar-refractivity contribution in [1.29, 1.82) is 0 Å². The van der Waals surface area contributed by atoms with E-state index in [4.69, 9.17) is 0 Å². The van der Waals surface area contributed by atoms with Crippen LogP contribution < -0.4 is 4.90 Å². The smallest absolute Gasteiger partial charge is 0.0562 e. The van der Waals surface area contributed by atoms with Crippen molar-refractivity contribution in [2.45, 2.75) is 0 Å². The first-order chi connectivity index (χ1) is 28.3. The summed E-state index contributed by atoms with van der Waals surface area (Å²) in [5.74, 6) is 0. The summed E-state index contributed by atoms with van der Waals surface area (Å²) in [6.45, 7) is 0. The maximum Gasteiger partial charge on any atom is 0.0562 e. The number of thiophene rings is 1. The van der Waals surface area contributed by atoms with E-state index < -0.39 is 0 Å². The van der Waals surface area contributed by atoms with Crippen molar-refractivity contribution in [3.63, 3.8) is 0 Å². The highest BCUT2D eigenvalue weighted by Gasteiger charge is 2.23. The minimum atomic E-state index is 1.09. The SMILES string of the molecule is c1ccc(-c2ccc(N(c3ccccc3)c3ccc4c5ccccc5n(-c5ccccc5-c5ccccc5)c4c3)c(-c3cccc4c3sc3ccccc34)c2)cc1. The predicted molar refractivity (Wildman–Crippen MR) is 245 cm³/mol. The Kier molecular flexibility index (Phi) is 8.04. The predicted octanol–water partition coefficient (Wildman–Crippen LogP) is 15.6. The quantitative estimate of drug-likeness (QED) is 0.158. The summed E-state index contributed by atoms with van der Waals surface area (Å²) in [5, 5.41) is 5.05. The summed E-state index contributed by atoms with van der Waals surface area (Å²) >= 11 is 1.88. The number of para-hydroxylation sites is 3. The van der Waals surface area contributed by atoms with Crippen LogP contribution in [0.3, 0.4) is 0 Å². The molecule has 3 heteroatoms. The fraction of sp³-hybridized carbons (Fsp3) is 0. The molecule has 2 heterocycles. The summed E-state index contributed by atoms with van der Waals surface area (Å²) < 4.78 is 5.05. The number of nitrogens with zero attached hydrogens (tertiary/aromatic N) is 2. The van der Waals surface area contributed by atoms with Gasteiger partial charge in [-0.2, -0.15) is 0 Å². The molecule has 0 amide bonds. The van der Waals surface area contributed by atoms with Crippen molar-refractivity contribution in [2.24, 2.45) is 0 Å². The zero-order valence-corrected chi connectivity index (χ0v) is 31.9. The second-order valence-corrected chi connectivity index (χ2v) is 15.5. The Hall–Kier alpha value is -7.20. The summed E-state index contributed by atoms with van der Waals surface area (Å²) in [6, 6.07) is 79.4. The molecule has 0 saturated carbocycles. The van der Waals surface area contributed by atoms with Gasteiger partial charge in [0.1, 0.15) is 0 Å². The summed E-state index contributed by atoms with van der Waals surface area (Å²) in [5.41, 5.74) is 14.0. The molecular weight excluding hydrogens is 709 g/mol. The van der Waals surface area contributed by atoms with E-state index in [9.17, 15) is 0 Å². The van der Waals surface area contributed by atoms with Gasteiger partial charge in [0, 0.05) is 59.0 Å². The minimum absolute atomic E-state index is 1.09. The van der Waals surface area contributed by atoms with Crippen LogP contribution in [0.1, 0.15) is 0 Å². The van der Waals surface area contributed by atoms with E-state index in [1.807, 2.05) is 11.3 Å². The molecule has 0 aliphatic heterocycles. The average Bonchev–Trinajstić information content (AvgIpc) is 3.83. The van der Waals surface area contributed by atoms with Crippen molar-refractivity contribution < 1.29 is 0 Å². The van der Waals surface area contributed by atoms with Gasteiger partial charge < -0.3 is 9.47 Å². The molecule has 2 nitrogen and oxygen atoms in total. The first kappa shape index (κ1) is 33.2. The summed E-state index contributed by atoms with van der Waals surface area (Å²) in [6.07, 6.45) is 0. The summed E-state index contributed by atoms with van der Waals surface area (Å²) in [4.78, 5) is 2.45. The highest BCUT2D eigenvalue weighted by molar-refractivity contribution is 7.26. The molecular formula is C54H36N2S. The van der Waals surface area contributed by atoms with E-state index in [0.717, 1.165) is 28.3 Å². The largest absolute Gasteiger partial charge is 0.310 e. The number of aromatic nitrogens is 1. The first-order valence-corrected chi connectivity index (χ1v) is 20.3. The molecule has 11 aromatic rings. The van der Waals surface area contributed by atoms with Gasteiger partial charge in [-0.05, 0) is 71.3 Å². The van der Waals surface area contributed by atoms with Gasteiger partial charge in [-0.15, -0.1) is 11.3 Å². The Bertz CT molecular complexity index is 3230. The molecule has 2 aromatic heterocycles. The topological polar surface area (TPSA) is 8.17 Å². The van der Waals surface area contributed by atoms with Crippen LogP contribution >= 0.6 is 11.3 Å².